The molecule has 0 bridgehead atoms. The monoisotopic (exact) mass is 364 g/mol. The largest absolute Gasteiger partial charge is 0.493 e. The Morgan fingerprint density at radius 2 is 1.96 bits per heavy atom. The molecule has 0 aliphatic rings. The van der Waals surface area contributed by atoms with E-state index in [0.29, 0.717) is 17.1 Å². The summed E-state index contributed by atoms with van der Waals surface area (Å²) in [6.45, 7) is 1.95. The Labute approximate surface area is 154 Å². The van der Waals surface area contributed by atoms with E-state index in [1.54, 1.807) is 0 Å². The van der Waals surface area contributed by atoms with Crippen LogP contribution in [0.1, 0.15) is 17.0 Å². The van der Waals surface area contributed by atoms with E-state index in [1.807, 2.05) is 31.2 Å². The second-order valence-electron chi connectivity index (χ2n) is 5.80. The molecule has 0 saturated heterocycles. The predicted octanol–water partition coefficient (Wildman–Crippen LogP) is 3.86. The smallest absolute Gasteiger partial charge is 0.280 e. The second-order valence-corrected chi connectivity index (χ2v) is 5.80. The molecular weight excluding hydrogens is 348 g/mol. The van der Waals surface area contributed by atoms with Crippen LogP contribution >= 0.6 is 0 Å². The highest BCUT2D eigenvalue weighted by molar-refractivity contribution is 5.92. The Morgan fingerprint density at radius 1 is 1.26 bits per heavy atom. The van der Waals surface area contributed by atoms with Gasteiger partial charge >= 0.3 is 0 Å². The quantitative estimate of drug-likeness (QED) is 0.418. The molecule has 0 amide bonds. The summed E-state index contributed by atoms with van der Waals surface area (Å²) in [6.07, 6.45) is 1.41. The summed E-state index contributed by atoms with van der Waals surface area (Å²) < 4.78 is 10.3. The first-order valence-electron chi connectivity index (χ1n) is 7.95. The molecule has 0 atom stereocenters. The minimum Gasteiger partial charge on any atom is -0.493 e. The molecule has 0 unspecified atom stereocenters. The van der Waals surface area contributed by atoms with Crippen molar-refractivity contribution in [1.82, 2.24) is 9.97 Å². The molecule has 2 aromatic carbocycles. The fourth-order valence-corrected chi connectivity index (χ4v) is 2.72. The van der Waals surface area contributed by atoms with Crippen LogP contribution in [-0.4, -0.2) is 29.1 Å². The Kier molecular flexibility index (Phi) is 4.77. The van der Waals surface area contributed by atoms with Crippen LogP contribution in [0.5, 0.6) is 11.5 Å². The van der Waals surface area contributed by atoms with Crippen LogP contribution < -0.4 is 9.47 Å². The topological polar surface area (TPSA) is 114 Å². The van der Waals surface area contributed by atoms with E-state index in [0.717, 1.165) is 11.1 Å². The van der Waals surface area contributed by atoms with Gasteiger partial charge in [-0.2, -0.15) is 5.26 Å². The molecule has 8 heteroatoms. The number of nitro benzene ring substituents is 1. The summed E-state index contributed by atoms with van der Waals surface area (Å²) in [7, 11) is 2.83. The number of allylic oxidation sites excluding steroid dienone is 1. The summed E-state index contributed by atoms with van der Waals surface area (Å²) in [5.74, 6) is 0.896. The lowest BCUT2D eigenvalue weighted by atomic mass is 10.1. The summed E-state index contributed by atoms with van der Waals surface area (Å²) >= 11 is 0. The third-order valence-electron chi connectivity index (χ3n) is 4.04. The second kappa shape index (κ2) is 7.17. The number of aromatic nitrogens is 2. The first-order chi connectivity index (χ1) is 13.0. The normalized spacial score (nSPS) is 11.3. The van der Waals surface area contributed by atoms with Gasteiger partial charge in [0, 0.05) is 0 Å². The molecular formula is C19H16N4O4. The van der Waals surface area contributed by atoms with Gasteiger partial charge in [-0.3, -0.25) is 10.1 Å². The zero-order chi connectivity index (χ0) is 19.6. The van der Waals surface area contributed by atoms with Crippen molar-refractivity contribution >= 4 is 28.4 Å². The molecule has 0 spiro atoms. The van der Waals surface area contributed by atoms with E-state index in [-0.39, 0.29) is 22.6 Å². The standard InChI is InChI=1S/C19H16N4O4/c1-11-4-5-14-15(6-11)22-19(21-14)13(10-20)7-12-8-17(26-2)18(27-3)9-16(12)23(24)25/h4-9H,1-3H3,(H,21,22)/b13-7+. The number of nitriles is 1. The van der Waals surface area contributed by atoms with Crippen molar-refractivity contribution in [3.05, 3.63) is 57.4 Å². The van der Waals surface area contributed by atoms with E-state index in [9.17, 15) is 15.4 Å². The summed E-state index contributed by atoms with van der Waals surface area (Å²) in [6, 6.07) is 10.5. The number of methoxy groups -OCH3 is 2. The third-order valence-corrected chi connectivity index (χ3v) is 4.04. The average Bonchev–Trinajstić information content (AvgIpc) is 3.07. The maximum absolute atomic E-state index is 11.4. The van der Waals surface area contributed by atoms with Crippen LogP contribution in [0.2, 0.25) is 0 Å². The zero-order valence-electron chi connectivity index (χ0n) is 14.9. The van der Waals surface area contributed by atoms with Crippen molar-refractivity contribution in [2.45, 2.75) is 6.92 Å². The number of imidazole rings is 1. The number of fused-ring (bicyclic) bond motifs is 1. The lowest BCUT2D eigenvalue weighted by Crippen LogP contribution is -1.97. The lowest BCUT2D eigenvalue weighted by molar-refractivity contribution is -0.385. The van der Waals surface area contributed by atoms with Gasteiger partial charge in [-0.15, -0.1) is 0 Å². The maximum Gasteiger partial charge on any atom is 0.280 e. The van der Waals surface area contributed by atoms with E-state index < -0.39 is 4.92 Å². The summed E-state index contributed by atoms with van der Waals surface area (Å²) in [5, 5.41) is 21.0. The van der Waals surface area contributed by atoms with Crippen LogP contribution in [0.15, 0.2) is 30.3 Å². The Bertz CT molecular complexity index is 1110. The van der Waals surface area contributed by atoms with E-state index >= 15 is 0 Å². The first kappa shape index (κ1) is 17.9. The van der Waals surface area contributed by atoms with Gasteiger partial charge < -0.3 is 14.5 Å². The van der Waals surface area contributed by atoms with Crippen LogP contribution in [0.4, 0.5) is 5.69 Å². The number of hydrogen-bond acceptors (Lipinski definition) is 6. The number of nitro groups is 1. The highest BCUT2D eigenvalue weighted by Gasteiger charge is 2.19. The minimum absolute atomic E-state index is 0.166. The number of benzene rings is 2. The van der Waals surface area contributed by atoms with Crippen molar-refractivity contribution < 1.29 is 14.4 Å². The first-order valence-corrected chi connectivity index (χ1v) is 7.95. The lowest BCUT2D eigenvalue weighted by Gasteiger charge is -2.09. The van der Waals surface area contributed by atoms with Gasteiger partial charge in [0.2, 0.25) is 0 Å². The number of hydrogen-bond donors (Lipinski definition) is 1. The summed E-state index contributed by atoms with van der Waals surface area (Å²) in [4.78, 5) is 18.4. The highest BCUT2D eigenvalue weighted by atomic mass is 16.6. The fraction of sp³-hybridized carbons (Fsp3) is 0.158. The molecule has 0 saturated carbocycles. The van der Waals surface area contributed by atoms with E-state index in [2.05, 4.69) is 9.97 Å². The third kappa shape index (κ3) is 3.43. The Hall–Kier alpha value is -3.86. The van der Waals surface area contributed by atoms with Crippen molar-refractivity contribution in [3.63, 3.8) is 0 Å². The Morgan fingerprint density at radius 3 is 2.59 bits per heavy atom. The molecule has 136 valence electrons. The molecule has 0 fully saturated rings. The van der Waals surface area contributed by atoms with Gasteiger partial charge in [-0.1, -0.05) is 6.07 Å². The number of nitrogens with one attached hydrogen (secondary N) is 1. The number of nitrogens with zero attached hydrogens (tertiary/aromatic N) is 3. The van der Waals surface area contributed by atoms with Gasteiger partial charge in [0.25, 0.3) is 5.69 Å². The van der Waals surface area contributed by atoms with E-state index in [4.69, 9.17) is 9.47 Å². The molecule has 1 aromatic heterocycles. The maximum atomic E-state index is 11.4. The van der Waals surface area contributed by atoms with Crippen LogP contribution in [0, 0.1) is 28.4 Å². The SMILES string of the molecule is COc1cc(/C=C(\C#N)c2nc3ccc(C)cc3[nH]2)c([N+](=O)[O-])cc1OC. The van der Waals surface area contributed by atoms with Gasteiger partial charge in [-0.05, 0) is 36.8 Å². The van der Waals surface area contributed by atoms with Gasteiger partial charge in [-0.25, -0.2) is 4.98 Å². The molecule has 3 rings (SSSR count). The molecule has 27 heavy (non-hydrogen) atoms. The van der Waals surface area contributed by atoms with Crippen molar-refractivity contribution in [1.29, 1.82) is 5.26 Å². The van der Waals surface area contributed by atoms with Crippen LogP contribution in [-0.2, 0) is 0 Å². The average molecular weight is 364 g/mol. The molecule has 1 heterocycles. The van der Waals surface area contributed by atoms with Crippen molar-refractivity contribution in [2.75, 3.05) is 14.2 Å². The molecule has 0 aliphatic carbocycles. The van der Waals surface area contributed by atoms with Crippen LogP contribution in [0.3, 0.4) is 0 Å². The molecule has 1 N–H and O–H groups in total. The highest BCUT2D eigenvalue weighted by Crippen LogP contribution is 2.36. The number of rotatable bonds is 5. The van der Waals surface area contributed by atoms with E-state index in [1.165, 1.54) is 32.4 Å². The molecule has 0 radical (unpaired) electrons. The fourth-order valence-electron chi connectivity index (χ4n) is 2.72. The van der Waals surface area contributed by atoms with Gasteiger partial charge in [0.1, 0.15) is 11.9 Å². The molecule has 0 aliphatic heterocycles. The van der Waals surface area contributed by atoms with Crippen molar-refractivity contribution in [3.8, 4) is 17.6 Å². The number of H-pyrrole nitrogens is 1. The van der Waals surface area contributed by atoms with Gasteiger partial charge in [0.05, 0.1) is 47.4 Å². The molecule has 3 aromatic rings. The van der Waals surface area contributed by atoms with Crippen molar-refractivity contribution in [2.24, 2.45) is 0 Å². The Balaban J connectivity index is 2.17. The summed E-state index contributed by atoms with van der Waals surface area (Å²) in [5.41, 5.74) is 2.72. The number of aryl methyl sites for hydroxylation is 1. The number of aromatic amines is 1. The minimum atomic E-state index is -0.537. The van der Waals surface area contributed by atoms with Gasteiger partial charge in [0.15, 0.2) is 11.5 Å². The molecule has 8 nitrogen and oxygen atoms in total. The predicted molar refractivity (Wildman–Crippen MR) is 101 cm³/mol. The van der Waals surface area contributed by atoms with Crippen LogP contribution in [0.25, 0.3) is 22.7 Å². The number of ether oxygens (including phenoxy) is 2. The zero-order valence-corrected chi connectivity index (χ0v) is 14.9.